The average molecular weight is 286 g/mol. The van der Waals surface area contributed by atoms with E-state index in [-0.39, 0.29) is 6.04 Å². The zero-order chi connectivity index (χ0) is 12.0. The molecule has 0 saturated carbocycles. The zero-order valence-electron chi connectivity index (χ0n) is 10.2. The summed E-state index contributed by atoms with van der Waals surface area (Å²) in [4.78, 5) is 0. The summed E-state index contributed by atoms with van der Waals surface area (Å²) in [5.41, 5.74) is 2.60. The molecular weight excluding hydrogens is 266 g/mol. The van der Waals surface area contributed by atoms with Crippen molar-refractivity contribution < 1.29 is 4.74 Å². The summed E-state index contributed by atoms with van der Waals surface area (Å²) in [5, 5.41) is 3.51. The number of rotatable bonds is 6. The van der Waals surface area contributed by atoms with E-state index < -0.39 is 0 Å². The molecule has 1 atom stereocenters. The maximum absolute atomic E-state index is 5.27. The molecular formula is C13H20BrNO. The summed E-state index contributed by atoms with van der Waals surface area (Å²) in [6.07, 6.45) is 1.13. The largest absolute Gasteiger partial charge is 0.383 e. The Morgan fingerprint density at radius 1 is 1.44 bits per heavy atom. The molecule has 0 aliphatic heterocycles. The summed E-state index contributed by atoms with van der Waals surface area (Å²) >= 11 is 3.57. The van der Waals surface area contributed by atoms with E-state index in [9.17, 15) is 0 Å². The molecule has 1 N–H and O–H groups in total. The van der Waals surface area contributed by atoms with Crippen molar-refractivity contribution in [1.29, 1.82) is 0 Å². The molecule has 0 radical (unpaired) electrons. The van der Waals surface area contributed by atoms with Gasteiger partial charge in [0.2, 0.25) is 0 Å². The zero-order valence-corrected chi connectivity index (χ0v) is 11.8. The first-order valence-electron chi connectivity index (χ1n) is 5.68. The second kappa shape index (κ2) is 7.05. The van der Waals surface area contributed by atoms with Crippen LogP contribution in [0.15, 0.2) is 22.7 Å². The molecule has 1 aromatic carbocycles. The monoisotopic (exact) mass is 285 g/mol. The first-order chi connectivity index (χ1) is 7.70. The molecule has 0 spiro atoms. The molecule has 0 fully saturated rings. The van der Waals surface area contributed by atoms with Gasteiger partial charge in [0.15, 0.2) is 0 Å². The third-order valence-corrected chi connectivity index (χ3v) is 3.52. The van der Waals surface area contributed by atoms with E-state index >= 15 is 0 Å². The Labute approximate surface area is 107 Å². The first-order valence-corrected chi connectivity index (χ1v) is 6.47. The fourth-order valence-electron chi connectivity index (χ4n) is 1.75. The molecule has 3 heteroatoms. The predicted octanol–water partition coefficient (Wildman–Crippen LogP) is 3.44. The quantitative estimate of drug-likeness (QED) is 0.865. The van der Waals surface area contributed by atoms with Crippen molar-refractivity contribution in [1.82, 2.24) is 5.32 Å². The topological polar surface area (TPSA) is 21.3 Å². The number of hydrogen-bond donors (Lipinski definition) is 1. The van der Waals surface area contributed by atoms with Crippen molar-refractivity contribution in [2.24, 2.45) is 0 Å². The van der Waals surface area contributed by atoms with Crippen LogP contribution in [0, 0.1) is 6.92 Å². The minimum Gasteiger partial charge on any atom is -0.383 e. The van der Waals surface area contributed by atoms with Crippen LogP contribution in [0.4, 0.5) is 0 Å². The van der Waals surface area contributed by atoms with E-state index in [1.165, 1.54) is 11.1 Å². The van der Waals surface area contributed by atoms with Gasteiger partial charge < -0.3 is 10.1 Å². The number of hydrogen-bond acceptors (Lipinski definition) is 2. The van der Waals surface area contributed by atoms with Crippen molar-refractivity contribution >= 4 is 15.9 Å². The minimum atomic E-state index is 0.280. The van der Waals surface area contributed by atoms with E-state index in [2.05, 4.69) is 53.3 Å². The van der Waals surface area contributed by atoms with Crippen LogP contribution < -0.4 is 5.32 Å². The maximum atomic E-state index is 5.27. The standard InChI is InChI=1S/C13H20BrNO/c1-4-8-15-13(9-16-3)11-6-5-7-12(14)10(11)2/h5-7,13,15H,4,8-9H2,1-3H3. The van der Waals surface area contributed by atoms with Gasteiger partial charge in [0.05, 0.1) is 12.6 Å². The summed E-state index contributed by atoms with van der Waals surface area (Å²) in [7, 11) is 1.74. The van der Waals surface area contributed by atoms with Crippen LogP contribution in [-0.4, -0.2) is 20.3 Å². The molecule has 0 aliphatic rings. The lowest BCUT2D eigenvalue weighted by Gasteiger charge is -2.20. The SMILES string of the molecule is CCCNC(COC)c1cccc(Br)c1C. The van der Waals surface area contributed by atoms with Gasteiger partial charge in [0.1, 0.15) is 0 Å². The van der Waals surface area contributed by atoms with Crippen LogP contribution in [0.2, 0.25) is 0 Å². The van der Waals surface area contributed by atoms with Gasteiger partial charge in [-0.2, -0.15) is 0 Å². The van der Waals surface area contributed by atoms with Crippen molar-refractivity contribution in [3.8, 4) is 0 Å². The van der Waals surface area contributed by atoms with Crippen molar-refractivity contribution in [2.75, 3.05) is 20.3 Å². The Bertz CT molecular complexity index is 328. The molecule has 90 valence electrons. The second-order valence-corrected chi connectivity index (χ2v) is 4.77. The van der Waals surface area contributed by atoms with Crippen molar-refractivity contribution in [2.45, 2.75) is 26.3 Å². The number of ether oxygens (including phenoxy) is 1. The number of methoxy groups -OCH3 is 1. The Kier molecular flexibility index (Phi) is 6.03. The molecule has 0 heterocycles. The molecule has 1 unspecified atom stereocenters. The fraction of sp³-hybridized carbons (Fsp3) is 0.538. The third-order valence-electron chi connectivity index (χ3n) is 2.66. The van der Waals surface area contributed by atoms with Crippen LogP contribution in [-0.2, 0) is 4.74 Å². The van der Waals surface area contributed by atoms with E-state index in [1.807, 2.05) is 0 Å². The molecule has 0 aromatic heterocycles. The maximum Gasteiger partial charge on any atom is 0.0657 e. The minimum absolute atomic E-state index is 0.280. The Morgan fingerprint density at radius 2 is 2.19 bits per heavy atom. The van der Waals surface area contributed by atoms with E-state index in [1.54, 1.807) is 7.11 Å². The lowest BCUT2D eigenvalue weighted by atomic mass is 10.0. The highest BCUT2D eigenvalue weighted by molar-refractivity contribution is 9.10. The van der Waals surface area contributed by atoms with E-state index in [4.69, 9.17) is 4.74 Å². The van der Waals surface area contributed by atoms with E-state index in [0.717, 1.165) is 17.4 Å². The number of nitrogens with one attached hydrogen (secondary N) is 1. The lowest BCUT2D eigenvalue weighted by molar-refractivity contribution is 0.167. The van der Waals surface area contributed by atoms with Gasteiger partial charge in [0.25, 0.3) is 0 Å². The molecule has 2 nitrogen and oxygen atoms in total. The van der Waals surface area contributed by atoms with Crippen molar-refractivity contribution in [3.05, 3.63) is 33.8 Å². The molecule has 0 saturated heterocycles. The van der Waals surface area contributed by atoms with E-state index in [0.29, 0.717) is 6.61 Å². The summed E-state index contributed by atoms with van der Waals surface area (Å²) in [5.74, 6) is 0. The number of halogens is 1. The van der Waals surface area contributed by atoms with Crippen LogP contribution in [0.25, 0.3) is 0 Å². The summed E-state index contributed by atoms with van der Waals surface area (Å²) < 4.78 is 6.43. The highest BCUT2D eigenvalue weighted by atomic mass is 79.9. The van der Waals surface area contributed by atoms with Crippen LogP contribution >= 0.6 is 15.9 Å². The molecule has 1 rings (SSSR count). The van der Waals surface area contributed by atoms with Gasteiger partial charge in [-0.25, -0.2) is 0 Å². The van der Waals surface area contributed by atoms with Crippen LogP contribution in [0.1, 0.15) is 30.5 Å². The Balaban J connectivity index is 2.86. The van der Waals surface area contributed by atoms with Gasteiger partial charge in [-0.1, -0.05) is 35.0 Å². The molecule has 0 amide bonds. The Morgan fingerprint density at radius 3 is 2.81 bits per heavy atom. The van der Waals surface area contributed by atoms with Gasteiger partial charge in [-0.05, 0) is 37.1 Å². The second-order valence-electron chi connectivity index (χ2n) is 3.92. The summed E-state index contributed by atoms with van der Waals surface area (Å²) in [6, 6.07) is 6.58. The first kappa shape index (κ1) is 13.7. The highest BCUT2D eigenvalue weighted by Gasteiger charge is 2.13. The van der Waals surface area contributed by atoms with Gasteiger partial charge in [-0.3, -0.25) is 0 Å². The molecule has 16 heavy (non-hydrogen) atoms. The lowest BCUT2D eigenvalue weighted by Crippen LogP contribution is -2.26. The summed E-state index contributed by atoms with van der Waals surface area (Å²) in [6.45, 7) is 6.03. The van der Waals surface area contributed by atoms with Crippen molar-refractivity contribution in [3.63, 3.8) is 0 Å². The smallest absolute Gasteiger partial charge is 0.0657 e. The van der Waals surface area contributed by atoms with Gasteiger partial charge in [0, 0.05) is 11.6 Å². The average Bonchev–Trinajstić information content (AvgIpc) is 2.28. The predicted molar refractivity (Wildman–Crippen MR) is 71.8 cm³/mol. The number of benzene rings is 1. The van der Waals surface area contributed by atoms with Crippen LogP contribution in [0.3, 0.4) is 0 Å². The Hall–Kier alpha value is -0.380. The molecule has 0 bridgehead atoms. The highest BCUT2D eigenvalue weighted by Crippen LogP contribution is 2.24. The fourth-order valence-corrected chi connectivity index (χ4v) is 2.13. The van der Waals surface area contributed by atoms with Gasteiger partial charge >= 0.3 is 0 Å². The normalized spacial score (nSPS) is 12.8. The third kappa shape index (κ3) is 3.58. The molecule has 0 aliphatic carbocycles. The molecule has 1 aromatic rings. The van der Waals surface area contributed by atoms with Crippen LogP contribution in [0.5, 0.6) is 0 Å². The van der Waals surface area contributed by atoms with Gasteiger partial charge in [-0.15, -0.1) is 0 Å².